The Balaban J connectivity index is 2.45. The summed E-state index contributed by atoms with van der Waals surface area (Å²) in [5.41, 5.74) is 2.63. The molecule has 2 nitrogen and oxygen atoms in total. The summed E-state index contributed by atoms with van der Waals surface area (Å²) in [6.45, 7) is 7.19. The number of aliphatic hydroxyl groups excluding tert-OH is 1. The number of nitrogens with one attached hydrogen (secondary N) is 1. The number of benzene rings is 1. The van der Waals surface area contributed by atoms with E-state index in [0.717, 1.165) is 25.8 Å². The zero-order chi connectivity index (χ0) is 12.7. The number of rotatable bonds is 7. The molecule has 2 atom stereocenters. The van der Waals surface area contributed by atoms with Gasteiger partial charge in [-0.1, -0.05) is 43.7 Å². The minimum atomic E-state index is -0.168. The van der Waals surface area contributed by atoms with Crippen LogP contribution in [-0.2, 0) is 0 Å². The van der Waals surface area contributed by atoms with Gasteiger partial charge in [0.2, 0.25) is 0 Å². The van der Waals surface area contributed by atoms with E-state index in [2.05, 4.69) is 43.4 Å². The molecule has 0 bridgehead atoms. The molecule has 17 heavy (non-hydrogen) atoms. The van der Waals surface area contributed by atoms with Gasteiger partial charge in [-0.05, 0) is 38.3 Å². The van der Waals surface area contributed by atoms with E-state index in [1.165, 1.54) is 11.1 Å². The summed E-state index contributed by atoms with van der Waals surface area (Å²) in [6, 6.07) is 9.08. The smallest absolute Gasteiger partial charge is 0.0549 e. The Labute approximate surface area is 105 Å². The quantitative estimate of drug-likeness (QED) is 0.760. The van der Waals surface area contributed by atoms with E-state index >= 15 is 0 Å². The van der Waals surface area contributed by atoms with Crippen LogP contribution in [0.25, 0.3) is 0 Å². The maximum absolute atomic E-state index is 9.51. The topological polar surface area (TPSA) is 32.3 Å². The van der Waals surface area contributed by atoms with Crippen molar-refractivity contribution < 1.29 is 5.11 Å². The molecule has 0 spiro atoms. The first kappa shape index (κ1) is 14.2. The second kappa shape index (κ2) is 7.46. The van der Waals surface area contributed by atoms with Gasteiger partial charge < -0.3 is 10.4 Å². The average molecular weight is 235 g/mol. The summed E-state index contributed by atoms with van der Waals surface area (Å²) < 4.78 is 0. The van der Waals surface area contributed by atoms with E-state index in [1.807, 2.05) is 6.92 Å². The first-order valence-electron chi connectivity index (χ1n) is 6.65. The van der Waals surface area contributed by atoms with Gasteiger partial charge in [0.05, 0.1) is 6.10 Å². The van der Waals surface area contributed by atoms with Crippen LogP contribution in [0.15, 0.2) is 24.3 Å². The fraction of sp³-hybridized carbons (Fsp3) is 0.600. The molecule has 0 saturated heterocycles. The second-order valence-electron chi connectivity index (χ2n) is 4.68. The van der Waals surface area contributed by atoms with Crippen molar-refractivity contribution in [2.24, 2.45) is 0 Å². The summed E-state index contributed by atoms with van der Waals surface area (Å²) in [5.74, 6) is 0. The summed E-state index contributed by atoms with van der Waals surface area (Å²) in [6.07, 6.45) is 2.57. The van der Waals surface area contributed by atoms with Crippen LogP contribution in [0.2, 0.25) is 0 Å². The molecule has 0 aliphatic rings. The van der Waals surface area contributed by atoms with Gasteiger partial charge in [-0.2, -0.15) is 0 Å². The molecule has 2 N–H and O–H groups in total. The summed E-state index contributed by atoms with van der Waals surface area (Å²) in [7, 11) is 0. The highest BCUT2D eigenvalue weighted by Crippen LogP contribution is 2.17. The van der Waals surface area contributed by atoms with Gasteiger partial charge in [0.15, 0.2) is 0 Å². The number of aliphatic hydroxyl groups is 1. The first-order valence-corrected chi connectivity index (χ1v) is 6.65. The van der Waals surface area contributed by atoms with Crippen LogP contribution in [0, 0.1) is 6.92 Å². The van der Waals surface area contributed by atoms with Gasteiger partial charge in [-0.15, -0.1) is 0 Å². The Morgan fingerprint density at radius 1 is 1.12 bits per heavy atom. The lowest BCUT2D eigenvalue weighted by Crippen LogP contribution is -2.24. The summed E-state index contributed by atoms with van der Waals surface area (Å²) >= 11 is 0. The fourth-order valence-corrected chi connectivity index (χ4v) is 1.92. The highest BCUT2D eigenvalue weighted by atomic mass is 16.3. The molecule has 1 rings (SSSR count). The van der Waals surface area contributed by atoms with Gasteiger partial charge in [0, 0.05) is 6.04 Å². The first-order chi connectivity index (χ1) is 8.17. The van der Waals surface area contributed by atoms with Crippen LogP contribution in [0.5, 0.6) is 0 Å². The molecule has 2 unspecified atom stereocenters. The Morgan fingerprint density at radius 2 is 1.76 bits per heavy atom. The largest absolute Gasteiger partial charge is 0.393 e. The van der Waals surface area contributed by atoms with Gasteiger partial charge >= 0.3 is 0 Å². The lowest BCUT2D eigenvalue weighted by Gasteiger charge is -2.18. The minimum absolute atomic E-state index is 0.168. The van der Waals surface area contributed by atoms with Crippen molar-refractivity contribution in [3.8, 4) is 0 Å². The van der Waals surface area contributed by atoms with Crippen molar-refractivity contribution in [1.82, 2.24) is 5.32 Å². The van der Waals surface area contributed by atoms with E-state index in [-0.39, 0.29) is 6.10 Å². The van der Waals surface area contributed by atoms with E-state index in [4.69, 9.17) is 0 Å². The molecule has 0 fully saturated rings. The third-order valence-corrected chi connectivity index (χ3v) is 3.23. The summed E-state index contributed by atoms with van der Waals surface area (Å²) in [5, 5.41) is 13.0. The van der Waals surface area contributed by atoms with E-state index in [0.29, 0.717) is 6.04 Å². The monoisotopic (exact) mass is 235 g/mol. The maximum atomic E-state index is 9.51. The van der Waals surface area contributed by atoms with E-state index in [9.17, 15) is 5.11 Å². The highest BCUT2D eigenvalue weighted by Gasteiger charge is 2.08. The standard InChI is InChI=1S/C15H25NO/c1-4-14(17)10-11-16-15(5-2)13-8-6-12(3)7-9-13/h6-9,14-17H,4-5,10-11H2,1-3H3. The average Bonchev–Trinajstić information content (AvgIpc) is 2.35. The van der Waals surface area contributed by atoms with Crippen molar-refractivity contribution in [3.05, 3.63) is 35.4 Å². The van der Waals surface area contributed by atoms with Crippen molar-refractivity contribution in [1.29, 1.82) is 0 Å². The lowest BCUT2D eigenvalue weighted by atomic mass is 10.0. The molecule has 0 aromatic heterocycles. The Hall–Kier alpha value is -0.860. The molecule has 0 radical (unpaired) electrons. The SMILES string of the molecule is CCC(O)CCNC(CC)c1ccc(C)cc1. The zero-order valence-electron chi connectivity index (χ0n) is 11.2. The second-order valence-corrected chi connectivity index (χ2v) is 4.68. The molecule has 0 aliphatic heterocycles. The van der Waals surface area contributed by atoms with Crippen molar-refractivity contribution in [2.45, 2.75) is 52.2 Å². The molecule has 1 aromatic rings. The molecule has 0 heterocycles. The number of hydrogen-bond donors (Lipinski definition) is 2. The third-order valence-electron chi connectivity index (χ3n) is 3.23. The van der Waals surface area contributed by atoms with Crippen LogP contribution in [0.1, 0.15) is 50.3 Å². The number of aryl methyl sites for hydroxylation is 1. The number of hydrogen-bond acceptors (Lipinski definition) is 2. The minimum Gasteiger partial charge on any atom is -0.393 e. The molecule has 0 aliphatic carbocycles. The molecule has 0 saturated carbocycles. The molecule has 1 aromatic carbocycles. The molecule has 2 heteroatoms. The van der Waals surface area contributed by atoms with Crippen molar-refractivity contribution >= 4 is 0 Å². The summed E-state index contributed by atoms with van der Waals surface area (Å²) in [4.78, 5) is 0. The zero-order valence-corrected chi connectivity index (χ0v) is 11.2. The highest BCUT2D eigenvalue weighted by molar-refractivity contribution is 5.23. The molecule has 96 valence electrons. The Morgan fingerprint density at radius 3 is 2.29 bits per heavy atom. The van der Waals surface area contributed by atoms with Gasteiger partial charge in [-0.25, -0.2) is 0 Å². The normalized spacial score (nSPS) is 14.6. The van der Waals surface area contributed by atoms with E-state index in [1.54, 1.807) is 0 Å². The predicted molar refractivity (Wildman–Crippen MR) is 73.1 cm³/mol. The predicted octanol–water partition coefficient (Wildman–Crippen LogP) is 3.20. The van der Waals surface area contributed by atoms with Crippen LogP contribution in [-0.4, -0.2) is 17.8 Å². The third kappa shape index (κ3) is 4.88. The molecular weight excluding hydrogens is 210 g/mol. The van der Waals surface area contributed by atoms with Crippen LogP contribution >= 0.6 is 0 Å². The van der Waals surface area contributed by atoms with Gasteiger partial charge in [0.1, 0.15) is 0 Å². The van der Waals surface area contributed by atoms with E-state index < -0.39 is 0 Å². The lowest BCUT2D eigenvalue weighted by molar-refractivity contribution is 0.158. The van der Waals surface area contributed by atoms with Crippen LogP contribution < -0.4 is 5.32 Å². The Kier molecular flexibility index (Phi) is 6.23. The van der Waals surface area contributed by atoms with Crippen LogP contribution in [0.4, 0.5) is 0 Å². The fourth-order valence-electron chi connectivity index (χ4n) is 1.92. The van der Waals surface area contributed by atoms with Gasteiger partial charge in [-0.3, -0.25) is 0 Å². The Bertz CT molecular complexity index is 307. The van der Waals surface area contributed by atoms with Crippen molar-refractivity contribution in [3.63, 3.8) is 0 Å². The maximum Gasteiger partial charge on any atom is 0.0549 e. The molecular formula is C15H25NO. The van der Waals surface area contributed by atoms with Crippen molar-refractivity contribution in [2.75, 3.05) is 6.54 Å². The van der Waals surface area contributed by atoms with Gasteiger partial charge in [0.25, 0.3) is 0 Å². The molecule has 0 amide bonds. The van der Waals surface area contributed by atoms with Crippen LogP contribution in [0.3, 0.4) is 0 Å².